The first kappa shape index (κ1) is 14.2. The van der Waals surface area contributed by atoms with Crippen molar-refractivity contribution in [2.75, 3.05) is 39.5 Å². The molecular weight excluding hydrogens is 260 g/mol. The van der Waals surface area contributed by atoms with Crippen LogP contribution >= 0.6 is 12.2 Å². The number of benzene rings is 1. The van der Waals surface area contributed by atoms with Crippen LogP contribution in [0.15, 0.2) is 24.3 Å². The number of morpholine rings is 1. The molecule has 104 valence electrons. The van der Waals surface area contributed by atoms with E-state index in [4.69, 9.17) is 27.4 Å². The molecule has 1 aliphatic heterocycles. The monoisotopic (exact) mass is 280 g/mol. The van der Waals surface area contributed by atoms with Crippen molar-refractivity contribution in [3.63, 3.8) is 0 Å². The molecule has 1 heterocycles. The summed E-state index contributed by atoms with van der Waals surface area (Å²) in [6.07, 6.45) is 1.01. The highest BCUT2D eigenvalue weighted by atomic mass is 32.1. The topological polar surface area (TPSA) is 47.7 Å². The van der Waals surface area contributed by atoms with Crippen molar-refractivity contribution < 1.29 is 9.47 Å². The molecule has 5 heteroatoms. The van der Waals surface area contributed by atoms with Gasteiger partial charge in [-0.3, -0.25) is 4.90 Å². The fourth-order valence-corrected chi connectivity index (χ4v) is 2.17. The Morgan fingerprint density at radius 2 is 2.16 bits per heavy atom. The Kier molecular flexibility index (Phi) is 5.57. The average molecular weight is 280 g/mol. The molecule has 0 saturated carbocycles. The Bertz CT molecular complexity index is 420. The zero-order valence-electron chi connectivity index (χ0n) is 11.0. The summed E-state index contributed by atoms with van der Waals surface area (Å²) >= 11 is 4.95. The van der Waals surface area contributed by atoms with Crippen LogP contribution in [0.1, 0.15) is 12.0 Å². The summed E-state index contributed by atoms with van der Waals surface area (Å²) < 4.78 is 11.0. The molecule has 0 bridgehead atoms. The first-order valence-electron chi connectivity index (χ1n) is 6.58. The molecule has 1 aromatic rings. The van der Waals surface area contributed by atoms with Crippen molar-refractivity contribution in [1.29, 1.82) is 0 Å². The maximum absolute atomic E-state index is 5.71. The lowest BCUT2D eigenvalue weighted by Gasteiger charge is -2.26. The minimum atomic E-state index is 0.402. The number of hydrogen-bond donors (Lipinski definition) is 1. The maximum Gasteiger partial charge on any atom is 0.119 e. The van der Waals surface area contributed by atoms with Gasteiger partial charge in [-0.2, -0.15) is 0 Å². The van der Waals surface area contributed by atoms with Gasteiger partial charge in [0.2, 0.25) is 0 Å². The Morgan fingerprint density at radius 1 is 1.37 bits per heavy atom. The third-order valence-electron chi connectivity index (χ3n) is 3.11. The predicted molar refractivity (Wildman–Crippen MR) is 79.7 cm³/mol. The molecule has 0 unspecified atom stereocenters. The summed E-state index contributed by atoms with van der Waals surface area (Å²) in [4.78, 5) is 2.80. The number of rotatable bonds is 6. The Hall–Kier alpha value is -1.17. The van der Waals surface area contributed by atoms with Crippen molar-refractivity contribution in [2.45, 2.75) is 6.42 Å². The van der Waals surface area contributed by atoms with Gasteiger partial charge in [0.25, 0.3) is 0 Å². The molecule has 19 heavy (non-hydrogen) atoms. The number of nitrogens with two attached hydrogens (primary N) is 1. The van der Waals surface area contributed by atoms with Gasteiger partial charge >= 0.3 is 0 Å². The molecule has 0 radical (unpaired) electrons. The van der Waals surface area contributed by atoms with E-state index >= 15 is 0 Å². The second-order valence-electron chi connectivity index (χ2n) is 4.55. The molecule has 2 rings (SSSR count). The second-order valence-corrected chi connectivity index (χ2v) is 4.99. The summed E-state index contributed by atoms with van der Waals surface area (Å²) in [6, 6.07) is 7.61. The van der Waals surface area contributed by atoms with Gasteiger partial charge in [-0.25, -0.2) is 0 Å². The van der Waals surface area contributed by atoms with E-state index in [2.05, 4.69) is 4.90 Å². The summed E-state index contributed by atoms with van der Waals surface area (Å²) in [5.41, 5.74) is 6.44. The number of nitrogens with zero attached hydrogens (tertiary/aromatic N) is 1. The average Bonchev–Trinajstić information content (AvgIpc) is 2.45. The molecule has 0 aromatic heterocycles. The van der Waals surface area contributed by atoms with Gasteiger partial charge in [-0.15, -0.1) is 0 Å². The Balaban J connectivity index is 1.70. The Morgan fingerprint density at radius 3 is 2.89 bits per heavy atom. The zero-order chi connectivity index (χ0) is 13.5. The maximum atomic E-state index is 5.71. The van der Waals surface area contributed by atoms with Crippen LogP contribution in [0.4, 0.5) is 0 Å². The first-order chi connectivity index (χ1) is 9.25. The second kappa shape index (κ2) is 7.43. The molecule has 0 aliphatic carbocycles. The van der Waals surface area contributed by atoms with E-state index < -0.39 is 0 Å². The lowest BCUT2D eigenvalue weighted by molar-refractivity contribution is 0.0358. The lowest BCUT2D eigenvalue weighted by Crippen LogP contribution is -2.37. The lowest BCUT2D eigenvalue weighted by atomic mass is 10.2. The van der Waals surface area contributed by atoms with Crippen molar-refractivity contribution in [1.82, 2.24) is 4.90 Å². The van der Waals surface area contributed by atoms with Gasteiger partial charge in [0.05, 0.1) is 19.8 Å². The van der Waals surface area contributed by atoms with Gasteiger partial charge in [0.15, 0.2) is 0 Å². The van der Waals surface area contributed by atoms with E-state index in [0.29, 0.717) is 11.6 Å². The molecule has 2 N–H and O–H groups in total. The highest BCUT2D eigenvalue weighted by molar-refractivity contribution is 7.80. The highest BCUT2D eigenvalue weighted by Gasteiger charge is 2.09. The van der Waals surface area contributed by atoms with Crippen LogP contribution in [0.3, 0.4) is 0 Å². The molecule has 1 aliphatic rings. The minimum Gasteiger partial charge on any atom is -0.494 e. The molecule has 1 aromatic carbocycles. The number of ether oxygens (including phenoxy) is 2. The number of thiocarbonyl (C=S) groups is 1. The van der Waals surface area contributed by atoms with Gasteiger partial charge < -0.3 is 15.2 Å². The van der Waals surface area contributed by atoms with Gasteiger partial charge in [0, 0.05) is 25.2 Å². The number of hydrogen-bond acceptors (Lipinski definition) is 4. The van der Waals surface area contributed by atoms with Crippen LogP contribution in [-0.2, 0) is 4.74 Å². The molecule has 0 spiro atoms. The molecular formula is C14H20N2O2S. The first-order valence-corrected chi connectivity index (χ1v) is 6.99. The fourth-order valence-electron chi connectivity index (χ4n) is 2.04. The van der Waals surface area contributed by atoms with Crippen LogP contribution in [0.5, 0.6) is 5.75 Å². The van der Waals surface area contributed by atoms with E-state index in [1.54, 1.807) is 0 Å². The van der Waals surface area contributed by atoms with E-state index in [-0.39, 0.29) is 0 Å². The minimum absolute atomic E-state index is 0.402. The largest absolute Gasteiger partial charge is 0.494 e. The van der Waals surface area contributed by atoms with Crippen LogP contribution in [0.25, 0.3) is 0 Å². The molecule has 0 atom stereocenters. The van der Waals surface area contributed by atoms with Gasteiger partial charge in [-0.1, -0.05) is 24.4 Å². The van der Waals surface area contributed by atoms with E-state index in [1.165, 1.54) is 0 Å². The standard InChI is InChI=1S/C14H20N2O2S/c15-14(19)12-3-1-4-13(11-12)18-8-2-5-16-6-9-17-10-7-16/h1,3-4,11H,2,5-10H2,(H2,15,19). The van der Waals surface area contributed by atoms with Crippen molar-refractivity contribution >= 4 is 17.2 Å². The quantitative estimate of drug-likeness (QED) is 0.631. The third-order valence-corrected chi connectivity index (χ3v) is 3.35. The third kappa shape index (κ3) is 4.78. The smallest absolute Gasteiger partial charge is 0.119 e. The molecule has 1 saturated heterocycles. The van der Waals surface area contributed by atoms with E-state index in [0.717, 1.165) is 50.6 Å². The summed E-state index contributed by atoms with van der Waals surface area (Å²) in [7, 11) is 0. The van der Waals surface area contributed by atoms with Crippen molar-refractivity contribution in [2.24, 2.45) is 5.73 Å². The van der Waals surface area contributed by atoms with Crippen molar-refractivity contribution in [3.8, 4) is 5.75 Å². The van der Waals surface area contributed by atoms with Crippen LogP contribution in [0, 0.1) is 0 Å². The highest BCUT2D eigenvalue weighted by Crippen LogP contribution is 2.13. The zero-order valence-corrected chi connectivity index (χ0v) is 11.8. The summed E-state index contributed by atoms with van der Waals surface area (Å²) in [6.45, 7) is 5.50. The predicted octanol–water partition coefficient (Wildman–Crippen LogP) is 1.42. The normalized spacial score (nSPS) is 16.2. The van der Waals surface area contributed by atoms with Crippen molar-refractivity contribution in [3.05, 3.63) is 29.8 Å². The molecule has 1 fully saturated rings. The summed E-state index contributed by atoms with van der Waals surface area (Å²) in [5.74, 6) is 0.826. The fraction of sp³-hybridized carbons (Fsp3) is 0.500. The SMILES string of the molecule is NC(=S)c1cccc(OCCCN2CCOCC2)c1. The molecule has 4 nitrogen and oxygen atoms in total. The van der Waals surface area contributed by atoms with E-state index in [9.17, 15) is 0 Å². The van der Waals surface area contributed by atoms with Crippen LogP contribution < -0.4 is 10.5 Å². The summed E-state index contributed by atoms with van der Waals surface area (Å²) in [5, 5.41) is 0. The van der Waals surface area contributed by atoms with Gasteiger partial charge in [-0.05, 0) is 18.6 Å². The van der Waals surface area contributed by atoms with Crippen LogP contribution in [0.2, 0.25) is 0 Å². The van der Waals surface area contributed by atoms with Gasteiger partial charge in [0.1, 0.15) is 10.7 Å². The van der Waals surface area contributed by atoms with E-state index in [1.807, 2.05) is 24.3 Å². The Labute approximate surface area is 119 Å². The van der Waals surface area contributed by atoms with Crippen LogP contribution in [-0.4, -0.2) is 49.3 Å². The molecule has 0 amide bonds.